The number of aromatic nitrogens is 5. The number of hydrogen-bond acceptors (Lipinski definition) is 7. The van der Waals surface area contributed by atoms with Crippen molar-refractivity contribution in [1.29, 1.82) is 0 Å². The van der Waals surface area contributed by atoms with Gasteiger partial charge in [-0.3, -0.25) is 0 Å². The zero-order chi connectivity index (χ0) is 14.2. The second kappa shape index (κ2) is 4.57. The Bertz CT molecular complexity index is 692. The monoisotopic (exact) mass is 274 g/mol. The topological polar surface area (TPSA) is 109 Å². The van der Waals surface area contributed by atoms with Crippen molar-refractivity contribution in [3.8, 4) is 11.6 Å². The van der Waals surface area contributed by atoms with Crippen molar-refractivity contribution >= 4 is 0 Å². The van der Waals surface area contributed by atoms with E-state index in [0.29, 0.717) is 29.7 Å². The molecule has 0 spiro atoms. The second-order valence-corrected chi connectivity index (χ2v) is 5.01. The van der Waals surface area contributed by atoms with E-state index in [9.17, 15) is 0 Å². The van der Waals surface area contributed by atoms with Gasteiger partial charge in [-0.2, -0.15) is 4.98 Å². The third kappa shape index (κ3) is 2.45. The molecule has 0 radical (unpaired) electrons. The van der Waals surface area contributed by atoms with E-state index in [0.717, 1.165) is 0 Å². The average Bonchev–Trinajstić information content (AvgIpc) is 3.08. The van der Waals surface area contributed by atoms with Crippen molar-refractivity contribution in [1.82, 2.24) is 25.1 Å². The summed E-state index contributed by atoms with van der Waals surface area (Å²) in [6.07, 6.45) is 3.31. The van der Waals surface area contributed by atoms with E-state index in [4.69, 9.17) is 14.7 Å². The summed E-state index contributed by atoms with van der Waals surface area (Å²) >= 11 is 0. The molecule has 0 saturated carbocycles. The minimum absolute atomic E-state index is 0.330. The highest BCUT2D eigenvalue weighted by Crippen LogP contribution is 2.17. The summed E-state index contributed by atoms with van der Waals surface area (Å²) in [6.45, 7) is 4.06. The molecule has 0 bridgehead atoms. The second-order valence-electron chi connectivity index (χ2n) is 5.01. The van der Waals surface area contributed by atoms with Crippen LogP contribution < -0.4 is 5.73 Å². The van der Waals surface area contributed by atoms with Gasteiger partial charge in [0.05, 0.1) is 18.0 Å². The molecule has 3 aromatic heterocycles. The van der Waals surface area contributed by atoms with Gasteiger partial charge in [0.2, 0.25) is 11.7 Å². The van der Waals surface area contributed by atoms with Crippen LogP contribution in [0.15, 0.2) is 33.5 Å². The largest absolute Gasteiger partial charge is 0.461 e. The van der Waals surface area contributed by atoms with Crippen LogP contribution >= 0.6 is 0 Å². The predicted octanol–water partition coefficient (Wildman–Crippen LogP) is 1.16. The van der Waals surface area contributed by atoms with E-state index in [1.165, 1.54) is 0 Å². The van der Waals surface area contributed by atoms with Crippen LogP contribution in [0.5, 0.6) is 0 Å². The summed E-state index contributed by atoms with van der Waals surface area (Å²) in [5.41, 5.74) is 6.11. The maximum atomic E-state index is 5.95. The fraction of sp³-hybridized carbons (Fsp3) is 0.333. The van der Waals surface area contributed by atoms with Crippen molar-refractivity contribution in [3.05, 3.63) is 36.2 Å². The molecule has 8 heteroatoms. The summed E-state index contributed by atoms with van der Waals surface area (Å²) in [5.74, 6) is 1.38. The van der Waals surface area contributed by atoms with E-state index in [1.54, 1.807) is 29.3 Å². The fourth-order valence-corrected chi connectivity index (χ4v) is 1.63. The number of furan rings is 1. The van der Waals surface area contributed by atoms with Gasteiger partial charge in [0.15, 0.2) is 5.76 Å². The summed E-state index contributed by atoms with van der Waals surface area (Å²) in [7, 11) is 0. The number of hydrogen-bond donors (Lipinski definition) is 1. The molecule has 0 atom stereocenters. The molecule has 0 aromatic carbocycles. The van der Waals surface area contributed by atoms with Crippen molar-refractivity contribution in [2.24, 2.45) is 5.73 Å². The molecule has 3 rings (SSSR count). The van der Waals surface area contributed by atoms with Crippen LogP contribution in [0.1, 0.15) is 25.4 Å². The minimum atomic E-state index is -0.535. The minimum Gasteiger partial charge on any atom is -0.461 e. The van der Waals surface area contributed by atoms with Crippen LogP contribution in [-0.4, -0.2) is 25.1 Å². The van der Waals surface area contributed by atoms with Gasteiger partial charge < -0.3 is 14.7 Å². The summed E-state index contributed by atoms with van der Waals surface area (Å²) in [5, 5.41) is 11.8. The Hall–Kier alpha value is -2.48. The third-order valence-electron chi connectivity index (χ3n) is 2.71. The quantitative estimate of drug-likeness (QED) is 0.760. The highest BCUT2D eigenvalue weighted by Gasteiger charge is 2.19. The molecule has 0 saturated heterocycles. The van der Waals surface area contributed by atoms with Gasteiger partial charge in [0.1, 0.15) is 12.2 Å². The highest BCUT2D eigenvalue weighted by molar-refractivity contribution is 5.44. The number of nitrogens with zero attached hydrogens (tertiary/aromatic N) is 5. The molecule has 0 amide bonds. The Morgan fingerprint density at radius 3 is 2.90 bits per heavy atom. The average molecular weight is 274 g/mol. The van der Waals surface area contributed by atoms with Crippen LogP contribution in [0.4, 0.5) is 0 Å². The Balaban J connectivity index is 1.77. The van der Waals surface area contributed by atoms with Gasteiger partial charge in [0.25, 0.3) is 0 Å². The Kier molecular flexibility index (Phi) is 2.87. The summed E-state index contributed by atoms with van der Waals surface area (Å²) in [4.78, 5) is 4.23. The first kappa shape index (κ1) is 12.5. The Morgan fingerprint density at radius 1 is 1.40 bits per heavy atom. The number of rotatable bonds is 4. The molecule has 0 unspecified atom stereocenters. The van der Waals surface area contributed by atoms with E-state index in [-0.39, 0.29) is 0 Å². The van der Waals surface area contributed by atoms with Crippen LogP contribution in [0.25, 0.3) is 11.6 Å². The highest BCUT2D eigenvalue weighted by atomic mass is 16.5. The fourth-order valence-electron chi connectivity index (χ4n) is 1.63. The molecular weight excluding hydrogens is 260 g/mol. The van der Waals surface area contributed by atoms with Gasteiger partial charge >= 0.3 is 0 Å². The van der Waals surface area contributed by atoms with Gasteiger partial charge in [-0.15, -0.1) is 5.10 Å². The summed E-state index contributed by atoms with van der Waals surface area (Å²) in [6, 6.07) is 3.53. The molecule has 8 nitrogen and oxygen atoms in total. The van der Waals surface area contributed by atoms with Crippen molar-refractivity contribution < 1.29 is 8.94 Å². The molecular formula is C12H14N6O2. The van der Waals surface area contributed by atoms with E-state index in [1.807, 2.05) is 13.8 Å². The Labute approximate surface area is 114 Å². The lowest BCUT2D eigenvalue weighted by Crippen LogP contribution is -2.29. The SMILES string of the molecule is CC(C)(N)c1cn(Cc2nc(-c3ccco3)no2)nn1. The molecule has 0 aliphatic heterocycles. The first-order chi connectivity index (χ1) is 9.52. The predicted molar refractivity (Wildman–Crippen MR) is 68.3 cm³/mol. The maximum Gasteiger partial charge on any atom is 0.248 e. The molecule has 3 heterocycles. The van der Waals surface area contributed by atoms with Gasteiger partial charge in [-0.05, 0) is 26.0 Å². The lowest BCUT2D eigenvalue weighted by molar-refractivity contribution is 0.363. The van der Waals surface area contributed by atoms with Crippen LogP contribution in [0.2, 0.25) is 0 Å². The lowest BCUT2D eigenvalue weighted by atomic mass is 10.0. The van der Waals surface area contributed by atoms with Crippen molar-refractivity contribution in [2.75, 3.05) is 0 Å². The van der Waals surface area contributed by atoms with Gasteiger partial charge in [-0.1, -0.05) is 10.4 Å². The number of nitrogens with two attached hydrogens (primary N) is 1. The molecule has 0 aliphatic carbocycles. The smallest absolute Gasteiger partial charge is 0.248 e. The van der Waals surface area contributed by atoms with E-state index < -0.39 is 5.54 Å². The van der Waals surface area contributed by atoms with Gasteiger partial charge in [0, 0.05) is 0 Å². The molecule has 20 heavy (non-hydrogen) atoms. The van der Waals surface area contributed by atoms with E-state index >= 15 is 0 Å². The first-order valence-electron chi connectivity index (χ1n) is 6.08. The Morgan fingerprint density at radius 2 is 2.25 bits per heavy atom. The van der Waals surface area contributed by atoms with Crippen LogP contribution in [0.3, 0.4) is 0 Å². The normalized spacial score (nSPS) is 11.9. The van der Waals surface area contributed by atoms with Crippen LogP contribution in [0, 0.1) is 0 Å². The van der Waals surface area contributed by atoms with Crippen molar-refractivity contribution in [2.45, 2.75) is 25.9 Å². The zero-order valence-corrected chi connectivity index (χ0v) is 11.1. The molecule has 0 aliphatic rings. The van der Waals surface area contributed by atoms with Crippen LogP contribution in [-0.2, 0) is 12.1 Å². The van der Waals surface area contributed by atoms with E-state index in [2.05, 4.69) is 20.5 Å². The van der Waals surface area contributed by atoms with Gasteiger partial charge in [-0.25, -0.2) is 4.68 Å². The first-order valence-corrected chi connectivity index (χ1v) is 6.08. The standard InChI is InChI=1S/C12H14N6O2/c1-12(2,13)9-6-18(17-15-9)7-10-14-11(16-20-10)8-4-3-5-19-8/h3-6H,7,13H2,1-2H3. The lowest BCUT2D eigenvalue weighted by Gasteiger charge is -2.13. The third-order valence-corrected chi connectivity index (χ3v) is 2.71. The zero-order valence-electron chi connectivity index (χ0n) is 11.1. The molecule has 104 valence electrons. The molecule has 3 aromatic rings. The summed E-state index contributed by atoms with van der Waals surface area (Å²) < 4.78 is 11.9. The molecule has 0 fully saturated rings. The van der Waals surface area contributed by atoms with Crippen molar-refractivity contribution in [3.63, 3.8) is 0 Å². The maximum absolute atomic E-state index is 5.95. The molecule has 2 N–H and O–H groups in total.